The second kappa shape index (κ2) is 6.66. The SMILES string of the molecule is CCCC1(C(=O)N2CCN(CC3CC3)CC2)CCCNC1. The van der Waals surface area contributed by atoms with Crippen LogP contribution in [0.15, 0.2) is 0 Å². The molecular formula is C17H31N3O. The third kappa shape index (κ3) is 3.59. The number of nitrogens with zero attached hydrogens (tertiary/aromatic N) is 2. The van der Waals surface area contributed by atoms with E-state index in [-0.39, 0.29) is 5.41 Å². The Balaban J connectivity index is 1.55. The molecule has 1 atom stereocenters. The van der Waals surface area contributed by atoms with E-state index in [9.17, 15) is 4.79 Å². The van der Waals surface area contributed by atoms with E-state index in [4.69, 9.17) is 0 Å². The molecule has 0 radical (unpaired) electrons. The van der Waals surface area contributed by atoms with Crippen LogP contribution in [0, 0.1) is 11.3 Å². The summed E-state index contributed by atoms with van der Waals surface area (Å²) >= 11 is 0. The third-order valence-corrected chi connectivity index (χ3v) is 5.53. The van der Waals surface area contributed by atoms with Gasteiger partial charge in [0.05, 0.1) is 5.41 Å². The van der Waals surface area contributed by atoms with Gasteiger partial charge >= 0.3 is 0 Å². The number of carbonyl (C=O) groups is 1. The van der Waals surface area contributed by atoms with Crippen LogP contribution in [0.25, 0.3) is 0 Å². The summed E-state index contributed by atoms with van der Waals surface area (Å²) in [6.45, 7) is 9.49. The second-order valence-corrected chi connectivity index (χ2v) is 7.35. The van der Waals surface area contributed by atoms with E-state index < -0.39 is 0 Å². The van der Waals surface area contributed by atoms with Crippen molar-refractivity contribution in [2.24, 2.45) is 11.3 Å². The molecule has 0 spiro atoms. The zero-order valence-corrected chi connectivity index (χ0v) is 13.6. The standard InChI is InChI=1S/C17H31N3O/c1-2-6-17(7-3-8-18-14-17)16(21)20-11-9-19(10-12-20)13-15-4-5-15/h15,18H,2-14H2,1H3. The highest BCUT2D eigenvalue weighted by atomic mass is 16.2. The molecule has 1 N–H and O–H groups in total. The normalized spacial score (nSPS) is 31.4. The molecule has 1 unspecified atom stereocenters. The Labute approximate surface area is 129 Å². The van der Waals surface area contributed by atoms with Gasteiger partial charge in [-0.25, -0.2) is 0 Å². The molecule has 0 aromatic heterocycles. The molecule has 1 aliphatic carbocycles. The summed E-state index contributed by atoms with van der Waals surface area (Å²) in [6, 6.07) is 0. The Kier molecular flexibility index (Phi) is 4.85. The van der Waals surface area contributed by atoms with Crippen LogP contribution in [0.2, 0.25) is 0 Å². The topological polar surface area (TPSA) is 35.6 Å². The van der Waals surface area contributed by atoms with Gasteiger partial charge < -0.3 is 10.2 Å². The molecule has 4 heteroatoms. The lowest BCUT2D eigenvalue weighted by molar-refractivity contribution is -0.145. The van der Waals surface area contributed by atoms with Crippen LogP contribution in [0.4, 0.5) is 0 Å². The molecule has 3 aliphatic rings. The second-order valence-electron chi connectivity index (χ2n) is 7.35. The molecule has 0 aromatic rings. The first-order valence-electron chi connectivity index (χ1n) is 8.96. The van der Waals surface area contributed by atoms with Gasteiger partial charge in [-0.15, -0.1) is 0 Å². The van der Waals surface area contributed by atoms with Crippen molar-refractivity contribution in [3.63, 3.8) is 0 Å². The Bertz CT molecular complexity index is 348. The van der Waals surface area contributed by atoms with E-state index in [1.165, 1.54) is 19.4 Å². The van der Waals surface area contributed by atoms with Crippen molar-refractivity contribution >= 4 is 5.91 Å². The summed E-state index contributed by atoms with van der Waals surface area (Å²) in [5.41, 5.74) is -0.105. The minimum Gasteiger partial charge on any atom is -0.340 e. The molecule has 3 rings (SSSR count). The summed E-state index contributed by atoms with van der Waals surface area (Å²) < 4.78 is 0. The summed E-state index contributed by atoms with van der Waals surface area (Å²) in [5.74, 6) is 1.39. The Morgan fingerprint density at radius 2 is 2.00 bits per heavy atom. The average molecular weight is 293 g/mol. The molecule has 0 bridgehead atoms. The van der Waals surface area contributed by atoms with Crippen molar-refractivity contribution in [3.05, 3.63) is 0 Å². The van der Waals surface area contributed by atoms with Gasteiger partial charge in [-0.05, 0) is 44.6 Å². The van der Waals surface area contributed by atoms with Crippen molar-refractivity contribution < 1.29 is 4.79 Å². The van der Waals surface area contributed by atoms with E-state index in [2.05, 4.69) is 22.0 Å². The van der Waals surface area contributed by atoms with Gasteiger partial charge in [0.15, 0.2) is 0 Å². The van der Waals surface area contributed by atoms with Crippen LogP contribution >= 0.6 is 0 Å². The number of carbonyl (C=O) groups excluding carboxylic acids is 1. The molecule has 120 valence electrons. The van der Waals surface area contributed by atoms with Gasteiger partial charge in [-0.2, -0.15) is 0 Å². The van der Waals surface area contributed by atoms with E-state index in [0.717, 1.165) is 70.9 Å². The van der Waals surface area contributed by atoms with Gasteiger partial charge in [0.25, 0.3) is 0 Å². The lowest BCUT2D eigenvalue weighted by Crippen LogP contribution is -2.56. The number of hydrogen-bond donors (Lipinski definition) is 1. The summed E-state index contributed by atoms with van der Waals surface area (Å²) in [5, 5.41) is 3.47. The molecule has 3 fully saturated rings. The van der Waals surface area contributed by atoms with Crippen LogP contribution in [0.5, 0.6) is 0 Å². The number of rotatable bonds is 5. The third-order valence-electron chi connectivity index (χ3n) is 5.53. The highest BCUT2D eigenvalue weighted by molar-refractivity contribution is 5.83. The minimum atomic E-state index is -0.105. The Morgan fingerprint density at radius 1 is 1.24 bits per heavy atom. The van der Waals surface area contributed by atoms with E-state index in [1.807, 2.05) is 0 Å². The molecule has 1 amide bonds. The fourth-order valence-corrected chi connectivity index (χ4v) is 4.08. The van der Waals surface area contributed by atoms with Gasteiger partial charge in [-0.3, -0.25) is 9.69 Å². The van der Waals surface area contributed by atoms with Gasteiger partial charge in [-0.1, -0.05) is 13.3 Å². The molecular weight excluding hydrogens is 262 g/mol. The first-order chi connectivity index (χ1) is 10.2. The Morgan fingerprint density at radius 3 is 2.57 bits per heavy atom. The van der Waals surface area contributed by atoms with E-state index in [0.29, 0.717) is 5.91 Å². The van der Waals surface area contributed by atoms with Crippen LogP contribution in [0.1, 0.15) is 45.4 Å². The van der Waals surface area contributed by atoms with Crippen molar-refractivity contribution in [2.45, 2.75) is 45.4 Å². The van der Waals surface area contributed by atoms with Crippen LogP contribution < -0.4 is 5.32 Å². The number of piperidine rings is 1. The number of hydrogen-bond acceptors (Lipinski definition) is 3. The first kappa shape index (κ1) is 15.3. The predicted molar refractivity (Wildman–Crippen MR) is 85.2 cm³/mol. The van der Waals surface area contributed by atoms with Crippen molar-refractivity contribution in [3.8, 4) is 0 Å². The summed E-state index contributed by atoms with van der Waals surface area (Å²) in [6.07, 6.45) is 7.22. The number of piperazine rings is 1. The maximum absolute atomic E-state index is 13.1. The van der Waals surface area contributed by atoms with E-state index in [1.54, 1.807) is 0 Å². The van der Waals surface area contributed by atoms with Crippen molar-refractivity contribution in [1.82, 2.24) is 15.1 Å². The highest BCUT2D eigenvalue weighted by Crippen LogP contribution is 2.34. The predicted octanol–water partition coefficient (Wildman–Crippen LogP) is 1.71. The molecule has 2 saturated heterocycles. The zero-order chi connectivity index (χ0) is 14.7. The maximum atomic E-state index is 13.1. The number of amides is 1. The first-order valence-corrected chi connectivity index (χ1v) is 8.96. The van der Waals surface area contributed by atoms with Crippen LogP contribution in [-0.2, 0) is 4.79 Å². The Hall–Kier alpha value is -0.610. The molecule has 4 nitrogen and oxygen atoms in total. The lowest BCUT2D eigenvalue weighted by Gasteiger charge is -2.43. The maximum Gasteiger partial charge on any atom is 0.230 e. The summed E-state index contributed by atoms with van der Waals surface area (Å²) in [7, 11) is 0. The molecule has 2 aliphatic heterocycles. The lowest BCUT2D eigenvalue weighted by atomic mass is 9.75. The smallest absolute Gasteiger partial charge is 0.230 e. The molecule has 1 saturated carbocycles. The monoisotopic (exact) mass is 293 g/mol. The number of nitrogens with one attached hydrogen (secondary N) is 1. The van der Waals surface area contributed by atoms with Crippen molar-refractivity contribution in [2.75, 3.05) is 45.8 Å². The average Bonchev–Trinajstić information content (AvgIpc) is 3.33. The van der Waals surface area contributed by atoms with E-state index >= 15 is 0 Å². The van der Waals surface area contributed by atoms with Gasteiger partial charge in [0.2, 0.25) is 5.91 Å². The van der Waals surface area contributed by atoms with Crippen molar-refractivity contribution in [1.29, 1.82) is 0 Å². The summed E-state index contributed by atoms with van der Waals surface area (Å²) in [4.78, 5) is 17.8. The quantitative estimate of drug-likeness (QED) is 0.838. The highest BCUT2D eigenvalue weighted by Gasteiger charge is 2.42. The van der Waals surface area contributed by atoms with Gasteiger partial charge in [0, 0.05) is 39.3 Å². The molecule has 2 heterocycles. The zero-order valence-electron chi connectivity index (χ0n) is 13.6. The fourth-order valence-electron chi connectivity index (χ4n) is 4.08. The molecule has 21 heavy (non-hydrogen) atoms. The minimum absolute atomic E-state index is 0.105. The molecule has 0 aromatic carbocycles. The van der Waals surface area contributed by atoms with Crippen LogP contribution in [-0.4, -0.2) is 61.5 Å². The van der Waals surface area contributed by atoms with Crippen LogP contribution in [0.3, 0.4) is 0 Å². The fraction of sp³-hybridized carbons (Fsp3) is 0.941. The largest absolute Gasteiger partial charge is 0.340 e. The van der Waals surface area contributed by atoms with Gasteiger partial charge in [0.1, 0.15) is 0 Å².